The Labute approximate surface area is 168 Å². The van der Waals surface area contributed by atoms with Crippen molar-refractivity contribution in [2.75, 3.05) is 44.4 Å². The summed E-state index contributed by atoms with van der Waals surface area (Å²) >= 11 is 1.61. The second-order valence-corrected chi connectivity index (χ2v) is 8.46. The standard InChI is InChI=1S/C20H26FN3O3S/c1-2-27-15-4-3-5-16-17(15)23-19(28-16)24-9-7-20(21,8-10-24)13-22-18(25)14-6-11-26-12-14/h3-5,14H,2,6-13H2,1H3,(H,22,25). The number of benzene rings is 1. The van der Waals surface area contributed by atoms with Crippen LogP contribution in [0.1, 0.15) is 26.2 Å². The van der Waals surface area contributed by atoms with Crippen molar-refractivity contribution in [3.8, 4) is 5.75 Å². The van der Waals surface area contributed by atoms with Gasteiger partial charge in [-0.15, -0.1) is 0 Å². The summed E-state index contributed by atoms with van der Waals surface area (Å²) in [5.41, 5.74) is -0.494. The van der Waals surface area contributed by atoms with Crippen LogP contribution in [0.3, 0.4) is 0 Å². The lowest BCUT2D eigenvalue weighted by Crippen LogP contribution is -2.49. The maximum atomic E-state index is 15.2. The number of carbonyl (C=O) groups is 1. The van der Waals surface area contributed by atoms with Crippen LogP contribution in [0, 0.1) is 5.92 Å². The first-order valence-electron chi connectivity index (χ1n) is 9.90. The number of aromatic nitrogens is 1. The van der Waals surface area contributed by atoms with Gasteiger partial charge in [0.1, 0.15) is 16.9 Å². The fourth-order valence-electron chi connectivity index (χ4n) is 3.73. The molecule has 0 saturated carbocycles. The van der Waals surface area contributed by atoms with E-state index in [9.17, 15) is 4.79 Å². The van der Waals surface area contributed by atoms with Gasteiger partial charge in [0.25, 0.3) is 0 Å². The number of amides is 1. The van der Waals surface area contributed by atoms with Crippen LogP contribution in [0.15, 0.2) is 18.2 Å². The number of para-hydroxylation sites is 1. The lowest BCUT2D eigenvalue weighted by molar-refractivity contribution is -0.125. The zero-order chi connectivity index (χ0) is 19.6. The van der Waals surface area contributed by atoms with Gasteiger partial charge in [-0.05, 0) is 25.5 Å². The minimum Gasteiger partial charge on any atom is -0.492 e. The Morgan fingerprint density at radius 2 is 2.29 bits per heavy atom. The predicted octanol–water partition coefficient (Wildman–Crippen LogP) is 3.16. The molecule has 1 amide bonds. The molecule has 0 spiro atoms. The van der Waals surface area contributed by atoms with Crippen LogP contribution in [-0.2, 0) is 9.53 Å². The quantitative estimate of drug-likeness (QED) is 0.797. The molecule has 2 aliphatic heterocycles. The van der Waals surface area contributed by atoms with Crippen molar-refractivity contribution >= 4 is 32.6 Å². The van der Waals surface area contributed by atoms with E-state index in [1.165, 1.54) is 0 Å². The van der Waals surface area contributed by atoms with E-state index in [1.54, 1.807) is 11.3 Å². The second-order valence-electron chi connectivity index (χ2n) is 7.45. The highest BCUT2D eigenvalue weighted by atomic mass is 32.1. The Morgan fingerprint density at radius 1 is 1.46 bits per heavy atom. The first kappa shape index (κ1) is 19.4. The monoisotopic (exact) mass is 407 g/mol. The Balaban J connectivity index is 1.36. The van der Waals surface area contributed by atoms with Crippen LogP contribution >= 0.6 is 11.3 Å². The number of piperidine rings is 1. The summed E-state index contributed by atoms with van der Waals surface area (Å²) in [7, 11) is 0. The Morgan fingerprint density at radius 3 is 3.00 bits per heavy atom. The summed E-state index contributed by atoms with van der Waals surface area (Å²) in [5, 5.41) is 3.69. The molecule has 28 heavy (non-hydrogen) atoms. The molecule has 2 aliphatic rings. The Hall–Kier alpha value is -1.93. The molecule has 1 aromatic heterocycles. The van der Waals surface area contributed by atoms with Crippen LogP contribution in [0.4, 0.5) is 9.52 Å². The van der Waals surface area contributed by atoms with Crippen LogP contribution in [0.2, 0.25) is 0 Å². The molecule has 2 fully saturated rings. The normalized spacial score (nSPS) is 21.8. The van der Waals surface area contributed by atoms with Crippen molar-refractivity contribution in [3.05, 3.63) is 18.2 Å². The summed E-state index contributed by atoms with van der Waals surface area (Å²) in [6.07, 6.45) is 1.48. The van der Waals surface area contributed by atoms with Crippen molar-refractivity contribution < 1.29 is 18.7 Å². The number of anilines is 1. The van der Waals surface area contributed by atoms with Gasteiger partial charge in [0.05, 0.1) is 30.4 Å². The van der Waals surface area contributed by atoms with Gasteiger partial charge in [0, 0.05) is 32.5 Å². The number of ether oxygens (including phenoxy) is 2. The number of nitrogens with zero attached hydrogens (tertiary/aromatic N) is 2. The van der Waals surface area contributed by atoms with Crippen molar-refractivity contribution in [2.24, 2.45) is 5.92 Å². The lowest BCUT2D eigenvalue weighted by Gasteiger charge is -2.36. The van der Waals surface area contributed by atoms with Crippen LogP contribution in [0.5, 0.6) is 5.75 Å². The average Bonchev–Trinajstić information content (AvgIpc) is 3.37. The molecule has 1 unspecified atom stereocenters. The third-order valence-electron chi connectivity index (χ3n) is 5.48. The first-order chi connectivity index (χ1) is 13.6. The highest BCUT2D eigenvalue weighted by molar-refractivity contribution is 7.22. The van der Waals surface area contributed by atoms with Crippen LogP contribution in [0.25, 0.3) is 10.2 Å². The van der Waals surface area contributed by atoms with Crippen molar-refractivity contribution in [1.29, 1.82) is 0 Å². The Kier molecular flexibility index (Phi) is 5.68. The predicted molar refractivity (Wildman–Crippen MR) is 108 cm³/mol. The third-order valence-corrected chi connectivity index (χ3v) is 6.56. The molecular weight excluding hydrogens is 381 g/mol. The second kappa shape index (κ2) is 8.21. The molecule has 152 valence electrons. The fourth-order valence-corrected chi connectivity index (χ4v) is 4.76. The number of hydrogen-bond donors (Lipinski definition) is 1. The number of alkyl halides is 1. The minimum atomic E-state index is -1.36. The van der Waals surface area contributed by atoms with Gasteiger partial charge < -0.3 is 19.7 Å². The molecule has 2 saturated heterocycles. The fraction of sp³-hybridized carbons (Fsp3) is 0.600. The van der Waals surface area contributed by atoms with E-state index >= 15 is 4.39 Å². The van der Waals surface area contributed by atoms with E-state index in [4.69, 9.17) is 14.5 Å². The van der Waals surface area contributed by atoms with Crippen LogP contribution < -0.4 is 15.0 Å². The number of rotatable bonds is 6. The van der Waals surface area contributed by atoms with Gasteiger partial charge in [-0.3, -0.25) is 4.79 Å². The molecule has 8 heteroatoms. The summed E-state index contributed by atoms with van der Waals surface area (Å²) in [6, 6.07) is 5.93. The lowest BCUT2D eigenvalue weighted by atomic mass is 9.93. The number of fused-ring (bicyclic) bond motifs is 1. The summed E-state index contributed by atoms with van der Waals surface area (Å²) in [6.45, 7) is 4.85. The van der Waals surface area contributed by atoms with E-state index in [2.05, 4.69) is 10.2 Å². The molecule has 2 aromatic rings. The summed E-state index contributed by atoms with van der Waals surface area (Å²) in [5.74, 6) is 0.565. The maximum absolute atomic E-state index is 15.2. The zero-order valence-electron chi connectivity index (χ0n) is 16.1. The van der Waals surface area contributed by atoms with Crippen molar-refractivity contribution in [2.45, 2.75) is 31.9 Å². The molecule has 0 aliphatic carbocycles. The summed E-state index contributed by atoms with van der Waals surface area (Å²) < 4.78 is 27.1. The maximum Gasteiger partial charge on any atom is 0.225 e. The third kappa shape index (κ3) is 4.07. The van der Waals surface area contributed by atoms with Gasteiger partial charge in [-0.2, -0.15) is 0 Å². The smallest absolute Gasteiger partial charge is 0.225 e. The topological polar surface area (TPSA) is 63.7 Å². The van der Waals surface area contributed by atoms with E-state index in [0.29, 0.717) is 45.8 Å². The van der Waals surface area contributed by atoms with Gasteiger partial charge in [0.15, 0.2) is 5.13 Å². The molecule has 0 bridgehead atoms. The number of halogens is 1. The molecule has 0 radical (unpaired) electrons. The van der Waals surface area contributed by atoms with Gasteiger partial charge in [0.2, 0.25) is 5.91 Å². The van der Waals surface area contributed by atoms with Crippen LogP contribution in [-0.4, -0.2) is 56.0 Å². The van der Waals surface area contributed by atoms with Crippen molar-refractivity contribution in [3.63, 3.8) is 0 Å². The minimum absolute atomic E-state index is 0.0739. The van der Waals surface area contributed by atoms with E-state index < -0.39 is 5.67 Å². The number of hydrogen-bond acceptors (Lipinski definition) is 6. The zero-order valence-corrected chi connectivity index (χ0v) is 16.9. The number of nitrogens with one attached hydrogen (secondary N) is 1. The highest BCUT2D eigenvalue weighted by Crippen LogP contribution is 2.36. The molecule has 1 N–H and O–H groups in total. The molecule has 1 aromatic carbocycles. The van der Waals surface area contributed by atoms with Gasteiger partial charge in [-0.25, -0.2) is 9.37 Å². The van der Waals surface area contributed by atoms with E-state index in [0.717, 1.165) is 27.5 Å². The van der Waals surface area contributed by atoms with Gasteiger partial charge >= 0.3 is 0 Å². The molecule has 4 rings (SSSR count). The number of carbonyl (C=O) groups excluding carboxylic acids is 1. The first-order valence-corrected chi connectivity index (χ1v) is 10.7. The van der Waals surface area contributed by atoms with Crippen molar-refractivity contribution in [1.82, 2.24) is 10.3 Å². The molecule has 1 atom stereocenters. The SMILES string of the molecule is CCOc1cccc2sc(N3CCC(F)(CNC(=O)C4CCOC4)CC3)nc12. The average molecular weight is 408 g/mol. The highest BCUT2D eigenvalue weighted by Gasteiger charge is 2.36. The molecule has 3 heterocycles. The molecular formula is C20H26FN3O3S. The Bertz CT molecular complexity index is 829. The largest absolute Gasteiger partial charge is 0.492 e. The van der Waals surface area contributed by atoms with Gasteiger partial charge in [-0.1, -0.05) is 17.4 Å². The number of thiazole rings is 1. The van der Waals surface area contributed by atoms with E-state index in [-0.39, 0.29) is 18.4 Å². The summed E-state index contributed by atoms with van der Waals surface area (Å²) in [4.78, 5) is 19.0. The molecule has 6 nitrogen and oxygen atoms in total. The van der Waals surface area contributed by atoms with E-state index in [1.807, 2.05) is 25.1 Å².